The number of carbonyl (C=O) groups excluding carboxylic acids is 1. The highest BCUT2D eigenvalue weighted by Crippen LogP contribution is 2.18. The SMILES string of the molecule is N#Cc1ccnc(OC2CCN(C(=O)CCn3ccc(=O)[nH]c3=O)C2)c1. The van der Waals surface area contributed by atoms with Crippen molar-refractivity contribution in [3.63, 3.8) is 0 Å². The van der Waals surface area contributed by atoms with Crippen LogP contribution in [0.1, 0.15) is 18.4 Å². The molecule has 1 saturated heterocycles. The standard InChI is InChI=1S/C17H17N5O4/c18-10-12-1-5-19-15(9-12)26-13-2-6-22(11-13)16(24)4-8-21-7-3-14(23)20-17(21)25/h1,3,5,7,9,13H,2,4,6,8,11H2,(H,20,23,25). The zero-order valence-corrected chi connectivity index (χ0v) is 13.9. The second kappa shape index (κ2) is 7.65. The number of aryl methyl sites for hydroxylation is 1. The van der Waals surface area contributed by atoms with E-state index in [-0.39, 0.29) is 25.0 Å². The maximum atomic E-state index is 12.3. The fourth-order valence-corrected chi connectivity index (χ4v) is 2.76. The third-order valence-corrected chi connectivity index (χ3v) is 4.11. The molecule has 1 N–H and O–H groups in total. The number of pyridine rings is 1. The van der Waals surface area contributed by atoms with Gasteiger partial charge in [-0.25, -0.2) is 9.78 Å². The van der Waals surface area contributed by atoms with Gasteiger partial charge >= 0.3 is 5.69 Å². The normalized spacial score (nSPS) is 16.3. The molecule has 3 rings (SSSR count). The van der Waals surface area contributed by atoms with Gasteiger partial charge in [-0.1, -0.05) is 0 Å². The number of rotatable bonds is 5. The number of nitrogens with zero attached hydrogens (tertiary/aromatic N) is 4. The number of carbonyl (C=O) groups is 1. The number of H-pyrrole nitrogens is 1. The molecule has 1 aliphatic heterocycles. The van der Waals surface area contributed by atoms with E-state index in [9.17, 15) is 14.4 Å². The van der Waals surface area contributed by atoms with Crippen LogP contribution in [0.15, 0.2) is 40.2 Å². The number of likely N-dealkylation sites (tertiary alicyclic amines) is 1. The van der Waals surface area contributed by atoms with Crippen LogP contribution in [0.4, 0.5) is 0 Å². The second-order valence-electron chi connectivity index (χ2n) is 5.92. The predicted octanol–water partition coefficient (Wildman–Crippen LogP) is -0.127. The summed E-state index contributed by atoms with van der Waals surface area (Å²) in [5.74, 6) is 0.274. The lowest BCUT2D eigenvalue weighted by Gasteiger charge is -2.17. The highest BCUT2D eigenvalue weighted by atomic mass is 16.5. The Bertz CT molecular complexity index is 958. The first-order valence-corrected chi connectivity index (χ1v) is 8.15. The Balaban J connectivity index is 1.53. The Labute approximate surface area is 148 Å². The summed E-state index contributed by atoms with van der Waals surface area (Å²) in [7, 11) is 0. The van der Waals surface area contributed by atoms with Gasteiger partial charge in [0.25, 0.3) is 5.56 Å². The van der Waals surface area contributed by atoms with Crippen molar-refractivity contribution in [1.82, 2.24) is 19.4 Å². The Morgan fingerprint density at radius 3 is 3.04 bits per heavy atom. The predicted molar refractivity (Wildman–Crippen MR) is 90.5 cm³/mol. The molecular weight excluding hydrogens is 338 g/mol. The number of hydrogen-bond acceptors (Lipinski definition) is 6. The lowest BCUT2D eigenvalue weighted by Crippen LogP contribution is -2.34. The molecule has 0 saturated carbocycles. The smallest absolute Gasteiger partial charge is 0.328 e. The average Bonchev–Trinajstić information content (AvgIpc) is 3.09. The summed E-state index contributed by atoms with van der Waals surface area (Å²) in [5.41, 5.74) is -0.533. The van der Waals surface area contributed by atoms with Gasteiger partial charge in [-0.05, 0) is 6.07 Å². The molecule has 0 aromatic carbocycles. The fraction of sp³-hybridized carbons (Fsp3) is 0.353. The van der Waals surface area contributed by atoms with Crippen LogP contribution in [0.3, 0.4) is 0 Å². The molecular formula is C17H17N5O4. The van der Waals surface area contributed by atoms with E-state index in [0.29, 0.717) is 31.0 Å². The van der Waals surface area contributed by atoms with E-state index in [1.165, 1.54) is 23.0 Å². The van der Waals surface area contributed by atoms with Crippen LogP contribution in [0, 0.1) is 11.3 Å². The molecule has 2 aromatic rings. The first kappa shape index (κ1) is 17.4. The fourth-order valence-electron chi connectivity index (χ4n) is 2.76. The number of hydrogen-bond donors (Lipinski definition) is 1. The van der Waals surface area contributed by atoms with E-state index in [1.54, 1.807) is 17.0 Å². The van der Waals surface area contributed by atoms with Crippen LogP contribution < -0.4 is 16.0 Å². The summed E-state index contributed by atoms with van der Waals surface area (Å²) in [5, 5.41) is 8.90. The first-order chi connectivity index (χ1) is 12.5. The van der Waals surface area contributed by atoms with Crippen LogP contribution in [0.5, 0.6) is 5.88 Å². The Morgan fingerprint density at radius 1 is 1.42 bits per heavy atom. The molecule has 1 fully saturated rings. The zero-order valence-electron chi connectivity index (χ0n) is 13.9. The number of amides is 1. The van der Waals surface area contributed by atoms with Crippen molar-refractivity contribution >= 4 is 5.91 Å². The van der Waals surface area contributed by atoms with Crippen LogP contribution in [-0.4, -0.2) is 44.5 Å². The minimum atomic E-state index is -0.531. The zero-order chi connectivity index (χ0) is 18.5. The molecule has 26 heavy (non-hydrogen) atoms. The van der Waals surface area contributed by atoms with E-state index in [1.807, 2.05) is 6.07 Å². The molecule has 0 aliphatic carbocycles. The molecule has 2 aromatic heterocycles. The van der Waals surface area contributed by atoms with Crippen molar-refractivity contribution in [2.24, 2.45) is 0 Å². The van der Waals surface area contributed by atoms with Gasteiger partial charge in [-0.3, -0.25) is 14.6 Å². The Kier molecular flexibility index (Phi) is 5.12. The highest BCUT2D eigenvalue weighted by Gasteiger charge is 2.27. The second-order valence-corrected chi connectivity index (χ2v) is 5.92. The molecule has 134 valence electrons. The maximum absolute atomic E-state index is 12.3. The number of aromatic nitrogens is 3. The van der Waals surface area contributed by atoms with Crippen molar-refractivity contribution in [2.45, 2.75) is 25.5 Å². The summed E-state index contributed by atoms with van der Waals surface area (Å²) in [6, 6.07) is 6.42. The third-order valence-electron chi connectivity index (χ3n) is 4.11. The number of aromatic amines is 1. The summed E-state index contributed by atoms with van der Waals surface area (Å²) in [6.07, 6.45) is 3.52. The van der Waals surface area contributed by atoms with E-state index >= 15 is 0 Å². The molecule has 1 amide bonds. The van der Waals surface area contributed by atoms with E-state index in [4.69, 9.17) is 10.00 Å². The van der Waals surface area contributed by atoms with Gasteiger partial charge < -0.3 is 14.2 Å². The summed E-state index contributed by atoms with van der Waals surface area (Å²) in [6.45, 7) is 1.18. The van der Waals surface area contributed by atoms with Gasteiger partial charge in [-0.15, -0.1) is 0 Å². The largest absolute Gasteiger partial charge is 0.472 e. The minimum Gasteiger partial charge on any atom is -0.472 e. The monoisotopic (exact) mass is 355 g/mol. The molecule has 3 heterocycles. The van der Waals surface area contributed by atoms with Gasteiger partial charge in [0, 0.05) is 50.5 Å². The maximum Gasteiger partial charge on any atom is 0.328 e. The van der Waals surface area contributed by atoms with Gasteiger partial charge in [0.2, 0.25) is 11.8 Å². The topological polar surface area (TPSA) is 121 Å². The van der Waals surface area contributed by atoms with Gasteiger partial charge in [0.05, 0.1) is 18.2 Å². The Morgan fingerprint density at radius 2 is 2.27 bits per heavy atom. The average molecular weight is 355 g/mol. The summed E-state index contributed by atoms with van der Waals surface area (Å²) in [4.78, 5) is 42.9. The van der Waals surface area contributed by atoms with E-state index in [2.05, 4.69) is 9.97 Å². The van der Waals surface area contributed by atoms with Gasteiger partial charge in [0.1, 0.15) is 6.10 Å². The van der Waals surface area contributed by atoms with Crippen LogP contribution in [0.25, 0.3) is 0 Å². The molecule has 9 nitrogen and oxygen atoms in total. The Hall–Kier alpha value is -3.41. The molecule has 1 aliphatic rings. The van der Waals surface area contributed by atoms with Crippen LogP contribution in [-0.2, 0) is 11.3 Å². The molecule has 0 spiro atoms. The van der Waals surface area contributed by atoms with Crippen molar-refractivity contribution in [1.29, 1.82) is 5.26 Å². The molecule has 0 radical (unpaired) electrons. The molecule has 1 unspecified atom stereocenters. The van der Waals surface area contributed by atoms with Crippen molar-refractivity contribution < 1.29 is 9.53 Å². The lowest BCUT2D eigenvalue weighted by atomic mass is 10.3. The number of nitriles is 1. The number of nitrogens with one attached hydrogen (secondary N) is 1. The summed E-state index contributed by atoms with van der Waals surface area (Å²) >= 11 is 0. The first-order valence-electron chi connectivity index (χ1n) is 8.15. The molecule has 0 bridgehead atoms. The quantitative estimate of drug-likeness (QED) is 0.798. The van der Waals surface area contributed by atoms with Gasteiger partial charge in [0.15, 0.2) is 0 Å². The summed E-state index contributed by atoms with van der Waals surface area (Å²) < 4.78 is 7.03. The lowest BCUT2D eigenvalue weighted by molar-refractivity contribution is -0.130. The van der Waals surface area contributed by atoms with E-state index < -0.39 is 11.2 Å². The van der Waals surface area contributed by atoms with Crippen LogP contribution in [0.2, 0.25) is 0 Å². The third kappa shape index (κ3) is 4.16. The van der Waals surface area contributed by atoms with Gasteiger partial charge in [-0.2, -0.15) is 5.26 Å². The van der Waals surface area contributed by atoms with Crippen LogP contribution >= 0.6 is 0 Å². The van der Waals surface area contributed by atoms with Crippen molar-refractivity contribution in [3.8, 4) is 11.9 Å². The van der Waals surface area contributed by atoms with E-state index in [0.717, 1.165) is 0 Å². The van der Waals surface area contributed by atoms with Crippen molar-refractivity contribution in [3.05, 3.63) is 57.0 Å². The minimum absolute atomic E-state index is 0.0899. The molecule has 1 atom stereocenters. The number of ether oxygens (including phenoxy) is 1. The van der Waals surface area contributed by atoms with Crippen molar-refractivity contribution in [2.75, 3.05) is 13.1 Å². The molecule has 9 heteroatoms. The highest BCUT2D eigenvalue weighted by molar-refractivity contribution is 5.76.